The summed E-state index contributed by atoms with van der Waals surface area (Å²) in [7, 11) is 3.44. The van der Waals surface area contributed by atoms with Crippen LogP contribution in [0, 0.1) is 5.92 Å². The third-order valence-corrected chi connectivity index (χ3v) is 4.43. The summed E-state index contributed by atoms with van der Waals surface area (Å²) in [4.78, 5) is 2.55. The molecule has 1 aromatic carbocycles. The van der Waals surface area contributed by atoms with Crippen LogP contribution in [0.3, 0.4) is 0 Å². The Kier molecular flexibility index (Phi) is 5.88. The van der Waals surface area contributed by atoms with Gasteiger partial charge in [-0.1, -0.05) is 6.92 Å². The van der Waals surface area contributed by atoms with Gasteiger partial charge < -0.3 is 15.2 Å². The van der Waals surface area contributed by atoms with Crippen molar-refractivity contribution in [1.82, 2.24) is 4.90 Å². The van der Waals surface area contributed by atoms with Gasteiger partial charge in [0.1, 0.15) is 11.5 Å². The van der Waals surface area contributed by atoms with E-state index in [0.29, 0.717) is 18.5 Å². The summed E-state index contributed by atoms with van der Waals surface area (Å²) in [6.07, 6.45) is 3.56. The van der Waals surface area contributed by atoms with Gasteiger partial charge in [0.15, 0.2) is 0 Å². The molecule has 0 aromatic heterocycles. The minimum atomic E-state index is 0.328. The lowest BCUT2D eigenvalue weighted by Crippen LogP contribution is -2.42. The number of hydrogen-bond donors (Lipinski definition) is 1. The minimum Gasteiger partial charge on any atom is -0.497 e. The van der Waals surface area contributed by atoms with Gasteiger partial charge in [-0.15, -0.1) is 0 Å². The zero-order chi connectivity index (χ0) is 15.2. The molecule has 0 amide bonds. The van der Waals surface area contributed by atoms with Crippen molar-refractivity contribution in [3.05, 3.63) is 23.8 Å². The quantitative estimate of drug-likeness (QED) is 0.876. The Labute approximate surface area is 128 Å². The molecule has 1 heterocycles. The van der Waals surface area contributed by atoms with Gasteiger partial charge in [0, 0.05) is 11.6 Å². The predicted molar refractivity (Wildman–Crippen MR) is 85.9 cm³/mol. The number of nitrogens with zero attached hydrogens (tertiary/aromatic N) is 1. The maximum Gasteiger partial charge on any atom is 0.123 e. The molecule has 0 spiro atoms. The maximum absolute atomic E-state index is 6.05. The number of rotatable bonds is 6. The molecule has 21 heavy (non-hydrogen) atoms. The van der Waals surface area contributed by atoms with Crippen molar-refractivity contribution in [2.24, 2.45) is 11.7 Å². The smallest absolute Gasteiger partial charge is 0.123 e. The molecule has 1 fully saturated rings. The van der Waals surface area contributed by atoms with Gasteiger partial charge in [0.2, 0.25) is 0 Å². The number of likely N-dealkylation sites (tertiary alicyclic amines) is 1. The fourth-order valence-corrected chi connectivity index (χ4v) is 3.46. The van der Waals surface area contributed by atoms with E-state index in [2.05, 4.69) is 17.9 Å². The molecule has 2 N–H and O–H groups in total. The van der Waals surface area contributed by atoms with E-state index in [-0.39, 0.29) is 0 Å². The molecular formula is C17H28N2O2. The van der Waals surface area contributed by atoms with Crippen LogP contribution in [-0.2, 0) is 0 Å². The maximum atomic E-state index is 6.05. The van der Waals surface area contributed by atoms with Crippen molar-refractivity contribution in [1.29, 1.82) is 0 Å². The Morgan fingerprint density at radius 1 is 1.29 bits per heavy atom. The third kappa shape index (κ3) is 3.50. The highest BCUT2D eigenvalue weighted by molar-refractivity contribution is 5.43. The average Bonchev–Trinajstić information content (AvgIpc) is 2.54. The first-order valence-corrected chi connectivity index (χ1v) is 7.91. The summed E-state index contributed by atoms with van der Waals surface area (Å²) in [6, 6.07) is 6.39. The molecule has 0 bridgehead atoms. The van der Waals surface area contributed by atoms with E-state index >= 15 is 0 Å². The summed E-state index contributed by atoms with van der Waals surface area (Å²) in [6.45, 7) is 5.17. The Morgan fingerprint density at radius 3 is 2.71 bits per heavy atom. The second kappa shape index (κ2) is 7.66. The van der Waals surface area contributed by atoms with Crippen LogP contribution < -0.4 is 15.2 Å². The first kappa shape index (κ1) is 16.1. The fourth-order valence-electron chi connectivity index (χ4n) is 3.46. The highest BCUT2D eigenvalue weighted by Gasteiger charge is 2.33. The summed E-state index contributed by atoms with van der Waals surface area (Å²) in [5, 5.41) is 0. The van der Waals surface area contributed by atoms with E-state index in [1.165, 1.54) is 18.4 Å². The molecule has 0 aliphatic carbocycles. The van der Waals surface area contributed by atoms with Crippen molar-refractivity contribution < 1.29 is 9.47 Å². The molecule has 2 atom stereocenters. The van der Waals surface area contributed by atoms with Gasteiger partial charge in [0.25, 0.3) is 0 Å². The van der Waals surface area contributed by atoms with E-state index in [1.807, 2.05) is 12.1 Å². The molecule has 0 radical (unpaired) electrons. The SMILES string of the molecule is CCCN1CCCC(CN)C1c1cc(OC)ccc1OC. The van der Waals surface area contributed by atoms with Gasteiger partial charge in [-0.25, -0.2) is 0 Å². The molecule has 2 unspecified atom stereocenters. The van der Waals surface area contributed by atoms with Crippen LogP contribution in [0.1, 0.15) is 37.8 Å². The fraction of sp³-hybridized carbons (Fsp3) is 0.647. The van der Waals surface area contributed by atoms with Crippen LogP contribution in [-0.4, -0.2) is 38.8 Å². The highest BCUT2D eigenvalue weighted by Crippen LogP contribution is 2.41. The van der Waals surface area contributed by atoms with Crippen LogP contribution in [0.5, 0.6) is 11.5 Å². The number of hydrogen-bond acceptors (Lipinski definition) is 4. The van der Waals surface area contributed by atoms with Gasteiger partial charge in [-0.2, -0.15) is 0 Å². The van der Waals surface area contributed by atoms with E-state index < -0.39 is 0 Å². The molecule has 1 aliphatic rings. The minimum absolute atomic E-state index is 0.328. The molecule has 1 aliphatic heterocycles. The summed E-state index contributed by atoms with van der Waals surface area (Å²) in [5.41, 5.74) is 7.26. The van der Waals surface area contributed by atoms with E-state index in [9.17, 15) is 0 Å². The molecule has 1 aromatic rings. The van der Waals surface area contributed by atoms with Crippen molar-refractivity contribution in [2.45, 2.75) is 32.2 Å². The average molecular weight is 292 g/mol. The van der Waals surface area contributed by atoms with Gasteiger partial charge in [-0.05, 0) is 63.0 Å². The van der Waals surface area contributed by atoms with Crippen molar-refractivity contribution in [2.75, 3.05) is 33.9 Å². The second-order valence-electron chi connectivity index (χ2n) is 5.73. The number of methoxy groups -OCH3 is 2. The first-order chi connectivity index (χ1) is 10.2. The van der Waals surface area contributed by atoms with Crippen molar-refractivity contribution >= 4 is 0 Å². The van der Waals surface area contributed by atoms with E-state index in [1.54, 1.807) is 14.2 Å². The van der Waals surface area contributed by atoms with Crippen LogP contribution in [0.2, 0.25) is 0 Å². The standard InChI is InChI=1S/C17H28N2O2/c1-4-9-19-10-5-6-13(12-18)17(19)15-11-14(20-2)7-8-16(15)21-3/h7-8,11,13,17H,4-6,9-10,12,18H2,1-3H3. The lowest BCUT2D eigenvalue weighted by molar-refractivity contribution is 0.0938. The second-order valence-corrected chi connectivity index (χ2v) is 5.73. The molecule has 2 rings (SSSR count). The number of ether oxygens (including phenoxy) is 2. The largest absolute Gasteiger partial charge is 0.497 e. The molecule has 4 nitrogen and oxygen atoms in total. The van der Waals surface area contributed by atoms with Crippen LogP contribution in [0.4, 0.5) is 0 Å². The summed E-state index contributed by atoms with van der Waals surface area (Å²) < 4.78 is 11.0. The Hall–Kier alpha value is -1.26. The molecule has 118 valence electrons. The lowest BCUT2D eigenvalue weighted by Gasteiger charge is -2.41. The van der Waals surface area contributed by atoms with Gasteiger partial charge in [0.05, 0.1) is 14.2 Å². The molecule has 0 saturated carbocycles. The van der Waals surface area contributed by atoms with Crippen molar-refractivity contribution in [3.63, 3.8) is 0 Å². The third-order valence-electron chi connectivity index (χ3n) is 4.43. The lowest BCUT2D eigenvalue weighted by atomic mass is 9.84. The zero-order valence-corrected chi connectivity index (χ0v) is 13.5. The number of piperidine rings is 1. The van der Waals surface area contributed by atoms with E-state index in [4.69, 9.17) is 15.2 Å². The first-order valence-electron chi connectivity index (χ1n) is 7.91. The normalized spacial score (nSPS) is 23.0. The van der Waals surface area contributed by atoms with Crippen LogP contribution in [0.15, 0.2) is 18.2 Å². The van der Waals surface area contributed by atoms with Crippen LogP contribution >= 0.6 is 0 Å². The molecule has 1 saturated heterocycles. The zero-order valence-electron chi connectivity index (χ0n) is 13.5. The topological polar surface area (TPSA) is 47.7 Å². The highest BCUT2D eigenvalue weighted by atomic mass is 16.5. The Balaban J connectivity index is 2.41. The number of benzene rings is 1. The summed E-state index contributed by atoms with van der Waals surface area (Å²) in [5.74, 6) is 2.29. The van der Waals surface area contributed by atoms with Gasteiger partial charge >= 0.3 is 0 Å². The Morgan fingerprint density at radius 2 is 2.10 bits per heavy atom. The summed E-state index contributed by atoms with van der Waals surface area (Å²) >= 11 is 0. The molecular weight excluding hydrogens is 264 g/mol. The van der Waals surface area contributed by atoms with E-state index in [0.717, 1.165) is 31.0 Å². The predicted octanol–water partition coefficient (Wildman–Crippen LogP) is 2.83. The monoisotopic (exact) mass is 292 g/mol. The van der Waals surface area contributed by atoms with Crippen LogP contribution in [0.25, 0.3) is 0 Å². The number of nitrogens with two attached hydrogens (primary N) is 1. The van der Waals surface area contributed by atoms with Crippen molar-refractivity contribution in [3.8, 4) is 11.5 Å². The Bertz CT molecular complexity index is 448. The molecule has 4 heteroatoms. The van der Waals surface area contributed by atoms with Gasteiger partial charge in [-0.3, -0.25) is 4.90 Å².